The van der Waals surface area contributed by atoms with Crippen molar-refractivity contribution in [3.05, 3.63) is 23.3 Å². The van der Waals surface area contributed by atoms with Gasteiger partial charge in [-0.1, -0.05) is 34.6 Å². The van der Waals surface area contributed by atoms with Crippen LogP contribution in [0.5, 0.6) is 11.5 Å². The van der Waals surface area contributed by atoms with Crippen molar-refractivity contribution in [3.63, 3.8) is 0 Å². The Balaban J connectivity index is 3.14. The van der Waals surface area contributed by atoms with E-state index in [1.165, 1.54) is 14.2 Å². The molecule has 2 N–H and O–H groups in total. The fourth-order valence-electron chi connectivity index (χ4n) is 2.53. The van der Waals surface area contributed by atoms with Crippen LogP contribution < -0.4 is 0 Å². The highest BCUT2D eigenvalue weighted by Gasteiger charge is 2.31. The molecule has 0 aliphatic carbocycles. The molecule has 0 aliphatic heterocycles. The zero-order valence-corrected chi connectivity index (χ0v) is 16.0. The third-order valence-corrected chi connectivity index (χ3v) is 6.10. The third kappa shape index (κ3) is 4.72. The van der Waals surface area contributed by atoms with Crippen LogP contribution in [0.25, 0.3) is 0 Å². The number of benzene rings is 1. The second kappa shape index (κ2) is 6.84. The second-order valence-corrected chi connectivity index (χ2v) is 9.87. The number of hydrogen-bond donors (Lipinski definition) is 2. The van der Waals surface area contributed by atoms with E-state index in [1.807, 2.05) is 34.6 Å². The summed E-state index contributed by atoms with van der Waals surface area (Å²) in [5, 5.41) is 20.7. The van der Waals surface area contributed by atoms with Gasteiger partial charge in [-0.05, 0) is 29.4 Å². The Morgan fingerprint density at radius 3 is 1.83 bits per heavy atom. The number of rotatable bonds is 6. The Morgan fingerprint density at radius 1 is 0.957 bits per heavy atom. The first kappa shape index (κ1) is 20.0. The largest absolute Gasteiger partial charge is 0.508 e. The summed E-state index contributed by atoms with van der Waals surface area (Å²) in [5.74, 6) is 0.280. The second-order valence-electron chi connectivity index (χ2n) is 7.47. The van der Waals surface area contributed by atoms with Crippen molar-refractivity contribution in [1.29, 1.82) is 0 Å². The molecule has 1 aromatic carbocycles. The summed E-state index contributed by atoms with van der Waals surface area (Å²) in [6.45, 7) is 9.76. The summed E-state index contributed by atoms with van der Waals surface area (Å²) in [4.78, 5) is 0. The molecule has 0 atom stereocenters. The molecular weight excluding hydrogens is 315 g/mol. The van der Waals surface area contributed by atoms with Gasteiger partial charge < -0.3 is 19.3 Å². The van der Waals surface area contributed by atoms with Gasteiger partial charge in [-0.3, -0.25) is 4.57 Å². The van der Waals surface area contributed by atoms with Gasteiger partial charge in [0.25, 0.3) is 0 Å². The summed E-state index contributed by atoms with van der Waals surface area (Å²) in [6.07, 6.45) is 0.710. The van der Waals surface area contributed by atoms with Crippen molar-refractivity contribution in [1.82, 2.24) is 0 Å². The van der Waals surface area contributed by atoms with Gasteiger partial charge in [-0.15, -0.1) is 0 Å². The number of phenols is 2. The molecule has 0 aliphatic rings. The molecule has 0 heterocycles. The van der Waals surface area contributed by atoms with E-state index in [4.69, 9.17) is 9.05 Å². The normalized spacial score (nSPS) is 13.3. The molecule has 0 unspecified atom stereocenters. The molecule has 1 aromatic rings. The van der Waals surface area contributed by atoms with Crippen molar-refractivity contribution in [2.45, 2.75) is 51.9 Å². The van der Waals surface area contributed by atoms with E-state index in [0.717, 1.165) is 0 Å². The standard InChI is InChI=1S/C17H29O5P/c1-16(2,3)12-10-15(19)13(11-14(12)18)17(4,5)8-9-23(20,21-6)22-7/h10-11,18-19H,8-9H2,1-7H3. The highest BCUT2D eigenvalue weighted by atomic mass is 31.2. The van der Waals surface area contributed by atoms with Gasteiger partial charge in [-0.25, -0.2) is 0 Å². The van der Waals surface area contributed by atoms with Crippen LogP contribution in [0.15, 0.2) is 12.1 Å². The summed E-state index contributed by atoms with van der Waals surface area (Å²) in [6, 6.07) is 3.21. The highest BCUT2D eigenvalue weighted by molar-refractivity contribution is 7.53. The maximum Gasteiger partial charge on any atom is 0.330 e. The molecule has 6 heteroatoms. The zero-order valence-electron chi connectivity index (χ0n) is 15.1. The predicted molar refractivity (Wildman–Crippen MR) is 92.6 cm³/mol. The van der Waals surface area contributed by atoms with Crippen LogP contribution in [0.2, 0.25) is 0 Å². The van der Waals surface area contributed by atoms with E-state index >= 15 is 0 Å². The predicted octanol–water partition coefficient (Wildman–Crippen LogP) is 4.55. The van der Waals surface area contributed by atoms with Crippen LogP contribution in [0.4, 0.5) is 0 Å². The lowest BCUT2D eigenvalue weighted by molar-refractivity contribution is 0.271. The number of aromatic hydroxyl groups is 2. The van der Waals surface area contributed by atoms with Crippen LogP contribution in [0.3, 0.4) is 0 Å². The van der Waals surface area contributed by atoms with Gasteiger partial charge in [0.2, 0.25) is 0 Å². The van der Waals surface area contributed by atoms with E-state index in [1.54, 1.807) is 12.1 Å². The summed E-state index contributed by atoms with van der Waals surface area (Å²) >= 11 is 0. The van der Waals surface area contributed by atoms with Crippen LogP contribution in [-0.4, -0.2) is 30.6 Å². The summed E-state index contributed by atoms with van der Waals surface area (Å²) in [5.41, 5.74) is 0.535. The van der Waals surface area contributed by atoms with Crippen LogP contribution in [-0.2, 0) is 24.4 Å². The van der Waals surface area contributed by atoms with Gasteiger partial charge in [0.05, 0.1) is 6.16 Å². The average Bonchev–Trinajstić information content (AvgIpc) is 2.45. The van der Waals surface area contributed by atoms with Crippen LogP contribution >= 0.6 is 7.60 Å². The van der Waals surface area contributed by atoms with Crippen molar-refractivity contribution in [2.24, 2.45) is 0 Å². The molecule has 5 nitrogen and oxygen atoms in total. The molecule has 0 saturated heterocycles. The lowest BCUT2D eigenvalue weighted by atomic mass is 9.78. The van der Waals surface area contributed by atoms with E-state index in [9.17, 15) is 14.8 Å². The summed E-state index contributed by atoms with van der Waals surface area (Å²) < 4.78 is 22.1. The zero-order chi connectivity index (χ0) is 18.1. The number of phenolic OH excluding ortho intramolecular Hbond substituents is 2. The van der Waals surface area contributed by atoms with E-state index in [0.29, 0.717) is 17.5 Å². The minimum atomic E-state index is -3.11. The van der Waals surface area contributed by atoms with E-state index in [-0.39, 0.29) is 23.1 Å². The fourth-order valence-corrected chi connectivity index (χ4v) is 3.87. The topological polar surface area (TPSA) is 76.0 Å². The first-order valence-corrected chi connectivity index (χ1v) is 9.36. The lowest BCUT2D eigenvalue weighted by Gasteiger charge is -2.29. The minimum Gasteiger partial charge on any atom is -0.508 e. The molecule has 0 saturated carbocycles. The highest BCUT2D eigenvalue weighted by Crippen LogP contribution is 2.50. The molecule has 0 aromatic heterocycles. The van der Waals surface area contributed by atoms with Crippen molar-refractivity contribution >= 4 is 7.60 Å². The minimum absolute atomic E-state index is 0.127. The fraction of sp³-hybridized carbons (Fsp3) is 0.647. The molecular formula is C17H29O5P. The number of hydrogen-bond acceptors (Lipinski definition) is 5. The van der Waals surface area contributed by atoms with Crippen LogP contribution in [0, 0.1) is 0 Å². The van der Waals surface area contributed by atoms with Crippen LogP contribution in [0.1, 0.15) is 52.2 Å². The SMILES string of the molecule is COP(=O)(CCC(C)(C)c1cc(O)c(C(C)(C)C)cc1O)OC. The molecule has 132 valence electrons. The molecule has 0 radical (unpaired) electrons. The van der Waals surface area contributed by atoms with E-state index < -0.39 is 13.0 Å². The first-order chi connectivity index (χ1) is 10.4. The molecule has 0 fully saturated rings. The van der Waals surface area contributed by atoms with Gasteiger partial charge in [-0.2, -0.15) is 0 Å². The molecule has 0 amide bonds. The Labute approximate surface area is 139 Å². The summed E-state index contributed by atoms with van der Waals surface area (Å²) in [7, 11) is -0.386. The van der Waals surface area contributed by atoms with Gasteiger partial charge in [0.15, 0.2) is 0 Å². The maximum atomic E-state index is 12.2. The molecule has 23 heavy (non-hydrogen) atoms. The average molecular weight is 344 g/mol. The Hall–Kier alpha value is -1.03. The quantitative estimate of drug-likeness (QED) is 0.585. The van der Waals surface area contributed by atoms with Gasteiger partial charge in [0.1, 0.15) is 11.5 Å². The van der Waals surface area contributed by atoms with E-state index in [2.05, 4.69) is 0 Å². The Kier molecular flexibility index (Phi) is 5.95. The Bertz CT molecular complexity index is 594. The molecule has 1 rings (SSSR count). The molecule has 0 spiro atoms. The van der Waals surface area contributed by atoms with Crippen molar-refractivity contribution in [3.8, 4) is 11.5 Å². The third-order valence-electron chi connectivity index (χ3n) is 4.22. The smallest absolute Gasteiger partial charge is 0.330 e. The van der Waals surface area contributed by atoms with Gasteiger partial charge in [0, 0.05) is 25.3 Å². The first-order valence-electron chi connectivity index (χ1n) is 7.64. The van der Waals surface area contributed by atoms with Crippen molar-refractivity contribution in [2.75, 3.05) is 20.4 Å². The molecule has 0 bridgehead atoms. The lowest BCUT2D eigenvalue weighted by Crippen LogP contribution is -2.20. The maximum absolute atomic E-state index is 12.2. The van der Waals surface area contributed by atoms with Crippen molar-refractivity contribution < 1.29 is 23.8 Å². The monoisotopic (exact) mass is 344 g/mol. The Morgan fingerprint density at radius 2 is 1.39 bits per heavy atom. The van der Waals surface area contributed by atoms with Gasteiger partial charge >= 0.3 is 7.60 Å².